The molecule has 1 saturated heterocycles. The van der Waals surface area contributed by atoms with E-state index in [-0.39, 0.29) is 0 Å². The Balaban J connectivity index is 1.71. The van der Waals surface area contributed by atoms with Gasteiger partial charge in [-0.25, -0.2) is 8.42 Å². The van der Waals surface area contributed by atoms with Crippen molar-refractivity contribution < 1.29 is 8.42 Å². The standard InChI is InChI=1S/C12H24N2O2S/c1-11(5-6-13-12-3-4-12)14-7-2-9-17(15,16)10-8-14/h11-13H,2-10H2,1H3. The van der Waals surface area contributed by atoms with E-state index in [1.807, 2.05) is 0 Å². The minimum atomic E-state index is -2.77. The fourth-order valence-electron chi connectivity index (χ4n) is 2.36. The SMILES string of the molecule is CC(CCNC1CC1)N1CCCS(=O)(=O)CC1. The number of hydrogen-bond donors (Lipinski definition) is 1. The van der Waals surface area contributed by atoms with E-state index in [1.165, 1.54) is 12.8 Å². The maximum absolute atomic E-state index is 11.5. The number of rotatable bonds is 5. The molecule has 1 saturated carbocycles. The molecular weight excluding hydrogens is 236 g/mol. The van der Waals surface area contributed by atoms with Crippen molar-refractivity contribution in [2.75, 3.05) is 31.1 Å². The van der Waals surface area contributed by atoms with Crippen LogP contribution in [-0.2, 0) is 9.84 Å². The predicted octanol–water partition coefficient (Wildman–Crippen LogP) is 0.638. The summed E-state index contributed by atoms with van der Waals surface area (Å²) >= 11 is 0. The van der Waals surface area contributed by atoms with Crippen molar-refractivity contribution in [1.82, 2.24) is 10.2 Å². The van der Waals surface area contributed by atoms with Crippen molar-refractivity contribution in [3.05, 3.63) is 0 Å². The van der Waals surface area contributed by atoms with Crippen LogP contribution in [0.4, 0.5) is 0 Å². The minimum absolute atomic E-state index is 0.341. The van der Waals surface area contributed by atoms with Crippen LogP contribution in [0.15, 0.2) is 0 Å². The molecule has 0 bridgehead atoms. The number of nitrogens with zero attached hydrogens (tertiary/aromatic N) is 1. The third-order valence-electron chi connectivity index (χ3n) is 3.79. The summed E-state index contributed by atoms with van der Waals surface area (Å²) in [6, 6.07) is 1.27. The Labute approximate surface area is 105 Å². The highest BCUT2D eigenvalue weighted by atomic mass is 32.2. The first-order chi connectivity index (χ1) is 8.07. The maximum atomic E-state index is 11.5. The van der Waals surface area contributed by atoms with Crippen LogP contribution in [-0.4, -0.2) is 56.5 Å². The molecule has 2 aliphatic rings. The van der Waals surface area contributed by atoms with Gasteiger partial charge in [-0.05, 0) is 45.7 Å². The molecule has 5 heteroatoms. The third-order valence-corrected chi connectivity index (χ3v) is 5.50. The molecule has 1 unspecified atom stereocenters. The molecule has 4 nitrogen and oxygen atoms in total. The number of sulfone groups is 1. The quantitative estimate of drug-likeness (QED) is 0.788. The average molecular weight is 260 g/mol. The highest BCUT2D eigenvalue weighted by Crippen LogP contribution is 2.18. The second-order valence-electron chi connectivity index (χ2n) is 5.41. The summed E-state index contributed by atoms with van der Waals surface area (Å²) in [6.07, 6.45) is 4.58. The minimum Gasteiger partial charge on any atom is -0.314 e. The first kappa shape index (κ1) is 13.3. The summed E-state index contributed by atoms with van der Waals surface area (Å²) < 4.78 is 23.0. The molecule has 1 aliphatic heterocycles. The molecular formula is C12H24N2O2S. The lowest BCUT2D eigenvalue weighted by Gasteiger charge is -2.27. The zero-order valence-corrected chi connectivity index (χ0v) is 11.5. The Kier molecular flexibility index (Phi) is 4.44. The molecule has 0 radical (unpaired) electrons. The molecule has 1 N–H and O–H groups in total. The van der Waals surface area contributed by atoms with E-state index in [0.717, 1.165) is 32.0 Å². The van der Waals surface area contributed by atoms with Crippen molar-refractivity contribution in [3.63, 3.8) is 0 Å². The van der Waals surface area contributed by atoms with Gasteiger partial charge in [-0.15, -0.1) is 0 Å². The van der Waals surface area contributed by atoms with Gasteiger partial charge in [-0.2, -0.15) is 0 Å². The summed E-state index contributed by atoms with van der Waals surface area (Å²) in [5.41, 5.74) is 0. The van der Waals surface area contributed by atoms with E-state index >= 15 is 0 Å². The fraction of sp³-hybridized carbons (Fsp3) is 1.00. The van der Waals surface area contributed by atoms with Gasteiger partial charge in [0.15, 0.2) is 9.84 Å². The van der Waals surface area contributed by atoms with Crippen molar-refractivity contribution >= 4 is 9.84 Å². The van der Waals surface area contributed by atoms with Gasteiger partial charge in [-0.1, -0.05) is 0 Å². The Hall–Kier alpha value is -0.130. The number of nitrogens with one attached hydrogen (secondary N) is 1. The van der Waals surface area contributed by atoms with Crippen LogP contribution >= 0.6 is 0 Å². The predicted molar refractivity (Wildman–Crippen MR) is 69.9 cm³/mol. The second-order valence-corrected chi connectivity index (χ2v) is 7.71. The first-order valence-corrected chi connectivity index (χ1v) is 8.57. The molecule has 1 atom stereocenters. The van der Waals surface area contributed by atoms with E-state index in [0.29, 0.717) is 24.1 Å². The van der Waals surface area contributed by atoms with Gasteiger partial charge in [0.05, 0.1) is 11.5 Å². The summed E-state index contributed by atoms with van der Waals surface area (Å²) in [7, 11) is -2.77. The van der Waals surface area contributed by atoms with Crippen LogP contribution in [0.3, 0.4) is 0 Å². The molecule has 17 heavy (non-hydrogen) atoms. The molecule has 0 spiro atoms. The Morgan fingerprint density at radius 1 is 1.29 bits per heavy atom. The second kappa shape index (κ2) is 5.67. The summed E-state index contributed by atoms with van der Waals surface area (Å²) in [5, 5.41) is 3.51. The van der Waals surface area contributed by atoms with Crippen LogP contribution < -0.4 is 5.32 Å². The van der Waals surface area contributed by atoms with Crippen molar-refractivity contribution in [3.8, 4) is 0 Å². The maximum Gasteiger partial charge on any atom is 0.151 e. The highest BCUT2D eigenvalue weighted by molar-refractivity contribution is 7.91. The first-order valence-electron chi connectivity index (χ1n) is 6.75. The van der Waals surface area contributed by atoms with E-state index in [9.17, 15) is 8.42 Å². The Bertz CT molecular complexity index is 338. The van der Waals surface area contributed by atoms with Crippen molar-refractivity contribution in [1.29, 1.82) is 0 Å². The van der Waals surface area contributed by atoms with E-state index in [1.54, 1.807) is 0 Å². The monoisotopic (exact) mass is 260 g/mol. The van der Waals surface area contributed by atoms with Gasteiger partial charge in [-0.3, -0.25) is 4.90 Å². The molecule has 0 aromatic carbocycles. The average Bonchev–Trinajstić information content (AvgIpc) is 3.06. The molecule has 0 aromatic heterocycles. The van der Waals surface area contributed by atoms with E-state index in [2.05, 4.69) is 17.1 Å². The zero-order valence-electron chi connectivity index (χ0n) is 10.7. The van der Waals surface area contributed by atoms with Gasteiger partial charge < -0.3 is 5.32 Å². The molecule has 2 rings (SSSR count). The largest absolute Gasteiger partial charge is 0.314 e. The van der Waals surface area contributed by atoms with E-state index < -0.39 is 9.84 Å². The zero-order chi connectivity index (χ0) is 12.3. The Morgan fingerprint density at radius 2 is 2.06 bits per heavy atom. The van der Waals surface area contributed by atoms with Crippen molar-refractivity contribution in [2.24, 2.45) is 0 Å². The smallest absolute Gasteiger partial charge is 0.151 e. The van der Waals surface area contributed by atoms with Crippen LogP contribution in [0.2, 0.25) is 0 Å². The summed E-state index contributed by atoms with van der Waals surface area (Å²) in [4.78, 5) is 2.33. The molecule has 1 heterocycles. The Morgan fingerprint density at radius 3 is 2.76 bits per heavy atom. The molecule has 0 aromatic rings. The summed E-state index contributed by atoms with van der Waals surface area (Å²) in [5.74, 6) is 0.712. The molecule has 1 aliphatic carbocycles. The van der Waals surface area contributed by atoms with E-state index in [4.69, 9.17) is 0 Å². The van der Waals surface area contributed by atoms with Crippen molar-refractivity contribution in [2.45, 2.75) is 44.7 Å². The number of hydrogen-bond acceptors (Lipinski definition) is 4. The normalized spacial score (nSPS) is 27.6. The molecule has 0 amide bonds. The van der Waals surface area contributed by atoms with Crippen LogP contribution in [0, 0.1) is 0 Å². The van der Waals surface area contributed by atoms with Gasteiger partial charge in [0.2, 0.25) is 0 Å². The fourth-order valence-corrected chi connectivity index (χ4v) is 3.65. The lowest BCUT2D eigenvalue weighted by Crippen LogP contribution is -2.37. The van der Waals surface area contributed by atoms with Gasteiger partial charge in [0, 0.05) is 18.6 Å². The van der Waals surface area contributed by atoms with Crippen LogP contribution in [0.25, 0.3) is 0 Å². The third kappa shape index (κ3) is 4.56. The van der Waals surface area contributed by atoms with Crippen LogP contribution in [0.5, 0.6) is 0 Å². The van der Waals surface area contributed by atoms with Crippen LogP contribution in [0.1, 0.15) is 32.6 Å². The lowest BCUT2D eigenvalue weighted by molar-refractivity contribution is 0.214. The topological polar surface area (TPSA) is 49.4 Å². The molecule has 100 valence electrons. The van der Waals surface area contributed by atoms with Gasteiger partial charge in [0.25, 0.3) is 0 Å². The van der Waals surface area contributed by atoms with Gasteiger partial charge in [0.1, 0.15) is 0 Å². The lowest BCUT2D eigenvalue weighted by atomic mass is 10.2. The highest BCUT2D eigenvalue weighted by Gasteiger charge is 2.23. The molecule has 2 fully saturated rings. The van der Waals surface area contributed by atoms with Gasteiger partial charge >= 0.3 is 0 Å². The summed E-state index contributed by atoms with van der Waals surface area (Å²) in [6.45, 7) is 4.93.